The Morgan fingerprint density at radius 1 is 1.16 bits per heavy atom. The van der Waals surface area contributed by atoms with Gasteiger partial charge >= 0.3 is 0 Å². The number of anilines is 2. The fraction of sp³-hybridized carbons (Fsp3) is 0.478. The van der Waals surface area contributed by atoms with E-state index >= 15 is 0 Å². The van der Waals surface area contributed by atoms with Gasteiger partial charge in [0.1, 0.15) is 11.6 Å². The summed E-state index contributed by atoms with van der Waals surface area (Å²) in [6.07, 6.45) is 10.4. The number of rotatable bonds is 5. The van der Waals surface area contributed by atoms with Crippen molar-refractivity contribution in [3.05, 3.63) is 35.8 Å². The monoisotopic (exact) mass is 417 g/mol. The summed E-state index contributed by atoms with van der Waals surface area (Å²) in [4.78, 5) is 22.1. The van der Waals surface area contributed by atoms with Crippen LogP contribution < -0.4 is 16.4 Å². The molecule has 6 rings (SSSR count). The average molecular weight is 418 g/mol. The Kier molecular flexibility index (Phi) is 4.24. The molecule has 8 heteroatoms. The number of nitrogens with one attached hydrogen (secondary N) is 2. The van der Waals surface area contributed by atoms with Gasteiger partial charge in [-0.25, -0.2) is 9.97 Å². The van der Waals surface area contributed by atoms with Crippen LogP contribution in [0.3, 0.4) is 0 Å². The predicted octanol–water partition coefficient (Wildman–Crippen LogP) is 3.15. The van der Waals surface area contributed by atoms with Crippen LogP contribution in [0.15, 0.2) is 24.5 Å². The normalized spacial score (nSPS) is 25.1. The van der Waals surface area contributed by atoms with E-state index < -0.39 is 0 Å². The van der Waals surface area contributed by atoms with Gasteiger partial charge in [0.15, 0.2) is 11.4 Å². The molecule has 0 spiro atoms. The standard InChI is InChI=1S/C23H27N7O/c1-12(31)20-21(14-8-16-5-6-17(9-14)27-16)29-23-18(11-26-30(23)22(20)24)13-2-7-19(25-10-13)28-15-3-4-15/h2,7,10-11,14-17,27H,3-6,8-9,24H2,1H3,(H,25,28)/t14?,16-,17?/m1/s1. The lowest BCUT2D eigenvalue weighted by Crippen LogP contribution is -2.38. The molecular weight excluding hydrogens is 390 g/mol. The number of carbonyl (C=O) groups is 1. The molecule has 3 aromatic heterocycles. The smallest absolute Gasteiger partial charge is 0.165 e. The van der Waals surface area contributed by atoms with E-state index in [0.29, 0.717) is 35.2 Å². The first-order valence-electron chi connectivity index (χ1n) is 11.2. The summed E-state index contributed by atoms with van der Waals surface area (Å²) >= 11 is 0. The molecule has 1 aliphatic carbocycles. The summed E-state index contributed by atoms with van der Waals surface area (Å²) in [5.41, 5.74) is 10.4. The largest absolute Gasteiger partial charge is 0.383 e. The number of nitrogens with zero attached hydrogens (tertiary/aromatic N) is 4. The van der Waals surface area contributed by atoms with Crippen molar-refractivity contribution >= 4 is 23.1 Å². The minimum Gasteiger partial charge on any atom is -0.383 e. The lowest BCUT2D eigenvalue weighted by Gasteiger charge is -2.30. The topological polar surface area (TPSA) is 110 Å². The van der Waals surface area contributed by atoms with Gasteiger partial charge in [0.25, 0.3) is 0 Å². The number of carbonyl (C=O) groups excluding carboxylic acids is 1. The molecule has 3 atom stereocenters. The maximum atomic E-state index is 12.6. The number of nitrogens with two attached hydrogens (primary N) is 1. The van der Waals surface area contributed by atoms with Gasteiger partial charge in [-0.1, -0.05) is 0 Å². The van der Waals surface area contributed by atoms with Gasteiger partial charge < -0.3 is 16.4 Å². The molecule has 3 aromatic rings. The molecule has 2 aliphatic heterocycles. The van der Waals surface area contributed by atoms with E-state index in [9.17, 15) is 4.79 Å². The summed E-state index contributed by atoms with van der Waals surface area (Å²) in [5.74, 6) is 1.45. The fourth-order valence-corrected chi connectivity index (χ4v) is 5.25. The molecule has 1 saturated carbocycles. The van der Waals surface area contributed by atoms with Gasteiger partial charge in [0.2, 0.25) is 0 Å². The van der Waals surface area contributed by atoms with Crippen LogP contribution in [0.1, 0.15) is 67.4 Å². The van der Waals surface area contributed by atoms with E-state index in [0.717, 1.165) is 35.5 Å². The van der Waals surface area contributed by atoms with E-state index in [1.54, 1.807) is 17.6 Å². The first kappa shape index (κ1) is 18.7. The second kappa shape index (κ2) is 7.02. The Morgan fingerprint density at radius 2 is 1.94 bits per heavy atom. The van der Waals surface area contributed by atoms with Gasteiger partial charge in [0, 0.05) is 41.4 Å². The molecule has 31 heavy (non-hydrogen) atoms. The van der Waals surface area contributed by atoms with E-state index in [1.165, 1.54) is 25.7 Å². The zero-order valence-electron chi connectivity index (χ0n) is 17.6. The van der Waals surface area contributed by atoms with E-state index in [1.807, 2.05) is 18.3 Å². The van der Waals surface area contributed by atoms with Crippen LogP contribution in [0.2, 0.25) is 0 Å². The molecular formula is C23H27N7O. The molecule has 2 saturated heterocycles. The highest BCUT2D eigenvalue weighted by atomic mass is 16.1. The second-order valence-electron chi connectivity index (χ2n) is 9.26. The summed E-state index contributed by atoms with van der Waals surface area (Å²) in [7, 11) is 0. The minimum atomic E-state index is -0.0537. The van der Waals surface area contributed by atoms with Crippen molar-refractivity contribution in [1.29, 1.82) is 0 Å². The van der Waals surface area contributed by atoms with Crippen molar-refractivity contribution in [2.45, 2.75) is 69.5 Å². The molecule has 3 aliphatic rings. The Hall–Kier alpha value is -3.00. The zero-order valence-corrected chi connectivity index (χ0v) is 17.6. The van der Waals surface area contributed by atoms with E-state index in [4.69, 9.17) is 10.7 Å². The number of fused-ring (bicyclic) bond motifs is 3. The Labute approximate surface area is 180 Å². The predicted molar refractivity (Wildman–Crippen MR) is 119 cm³/mol. The molecule has 5 heterocycles. The molecule has 0 radical (unpaired) electrons. The quantitative estimate of drug-likeness (QED) is 0.547. The number of ketones is 1. The Morgan fingerprint density at radius 3 is 2.58 bits per heavy atom. The van der Waals surface area contributed by atoms with Crippen LogP contribution in [0.5, 0.6) is 0 Å². The van der Waals surface area contributed by atoms with E-state index in [2.05, 4.69) is 20.7 Å². The number of Topliss-reactive ketones (excluding diaryl/α,β-unsaturated/α-hetero) is 1. The van der Waals surface area contributed by atoms with Gasteiger partial charge in [0.05, 0.1) is 17.5 Å². The number of hydrogen-bond acceptors (Lipinski definition) is 7. The summed E-state index contributed by atoms with van der Waals surface area (Å²) in [6, 6.07) is 5.60. The molecule has 8 nitrogen and oxygen atoms in total. The summed E-state index contributed by atoms with van der Waals surface area (Å²) in [5, 5.41) is 11.5. The highest BCUT2D eigenvalue weighted by molar-refractivity contribution is 6.00. The molecule has 160 valence electrons. The van der Waals surface area contributed by atoms with Gasteiger partial charge in [-0.3, -0.25) is 4.79 Å². The lowest BCUT2D eigenvalue weighted by atomic mass is 9.86. The fourth-order valence-electron chi connectivity index (χ4n) is 5.25. The number of pyridine rings is 1. The molecule has 2 bridgehead atoms. The van der Waals surface area contributed by atoms with Crippen LogP contribution in [-0.2, 0) is 0 Å². The van der Waals surface area contributed by atoms with Crippen LogP contribution in [0, 0.1) is 0 Å². The Bertz CT molecular complexity index is 1150. The molecule has 0 aromatic carbocycles. The van der Waals surface area contributed by atoms with Crippen LogP contribution in [0.4, 0.5) is 11.6 Å². The van der Waals surface area contributed by atoms with Crippen LogP contribution in [0.25, 0.3) is 16.8 Å². The van der Waals surface area contributed by atoms with Crippen molar-refractivity contribution in [3.63, 3.8) is 0 Å². The first-order valence-corrected chi connectivity index (χ1v) is 11.2. The van der Waals surface area contributed by atoms with Crippen molar-refractivity contribution in [2.24, 2.45) is 0 Å². The highest BCUT2D eigenvalue weighted by Crippen LogP contribution is 2.40. The first-order chi connectivity index (χ1) is 15.1. The van der Waals surface area contributed by atoms with Gasteiger partial charge in [-0.15, -0.1) is 0 Å². The lowest BCUT2D eigenvalue weighted by molar-refractivity contribution is 0.101. The van der Waals surface area contributed by atoms with Gasteiger partial charge in [-0.2, -0.15) is 9.61 Å². The highest BCUT2D eigenvalue weighted by Gasteiger charge is 2.37. The SMILES string of the molecule is CC(=O)c1c(C2CC3CC[C@H](C2)N3)nc2c(-c3ccc(NC4CC4)nc3)cnn2c1N. The molecule has 3 fully saturated rings. The van der Waals surface area contributed by atoms with Crippen molar-refractivity contribution < 1.29 is 4.79 Å². The molecule has 4 N–H and O–H groups in total. The number of hydrogen-bond donors (Lipinski definition) is 3. The van der Waals surface area contributed by atoms with Crippen molar-refractivity contribution in [2.75, 3.05) is 11.1 Å². The Balaban J connectivity index is 1.44. The van der Waals surface area contributed by atoms with Crippen LogP contribution in [-0.4, -0.2) is 43.5 Å². The molecule has 0 amide bonds. The number of nitrogen functional groups attached to an aromatic ring is 1. The number of aromatic nitrogens is 4. The number of piperidine rings is 1. The third kappa shape index (κ3) is 3.26. The van der Waals surface area contributed by atoms with Crippen LogP contribution >= 0.6 is 0 Å². The minimum absolute atomic E-state index is 0.0537. The average Bonchev–Trinajstić information content (AvgIpc) is 3.37. The third-order valence-corrected chi connectivity index (χ3v) is 6.93. The maximum absolute atomic E-state index is 12.6. The van der Waals surface area contributed by atoms with Gasteiger partial charge in [-0.05, 0) is 57.6 Å². The summed E-state index contributed by atoms with van der Waals surface area (Å²) < 4.78 is 1.60. The van der Waals surface area contributed by atoms with Crippen molar-refractivity contribution in [1.82, 2.24) is 24.9 Å². The van der Waals surface area contributed by atoms with Crippen molar-refractivity contribution in [3.8, 4) is 11.1 Å². The maximum Gasteiger partial charge on any atom is 0.165 e. The third-order valence-electron chi connectivity index (χ3n) is 6.93. The van der Waals surface area contributed by atoms with E-state index in [-0.39, 0.29) is 11.7 Å². The second-order valence-corrected chi connectivity index (χ2v) is 9.26. The molecule has 2 unspecified atom stereocenters. The zero-order chi connectivity index (χ0) is 21.1. The summed E-state index contributed by atoms with van der Waals surface area (Å²) in [6.45, 7) is 1.57.